The van der Waals surface area contributed by atoms with Crippen LogP contribution < -0.4 is 0 Å². The van der Waals surface area contributed by atoms with E-state index in [1.165, 1.54) is 23.5 Å². The molecule has 2 aromatic rings. The molecule has 1 aromatic carbocycles. The van der Waals surface area contributed by atoms with Crippen LogP contribution in [-0.2, 0) is 0 Å². The number of benzene rings is 1. The van der Waals surface area contributed by atoms with Crippen molar-refractivity contribution in [1.29, 1.82) is 0 Å². The van der Waals surface area contributed by atoms with E-state index >= 15 is 0 Å². The fraction of sp³-hybridized carbons (Fsp3) is 0.167. The fourth-order valence-corrected chi connectivity index (χ4v) is 2.23. The van der Waals surface area contributed by atoms with E-state index in [0.717, 1.165) is 16.7 Å². The maximum atomic E-state index is 12.9. The van der Waals surface area contributed by atoms with Crippen LogP contribution in [0.2, 0.25) is 0 Å². The molecule has 0 aliphatic heterocycles. The molecular formula is C12H11FOS. The molecule has 78 valence electrons. The predicted octanol–water partition coefficient (Wildman–Crippen LogP) is 3.28. The molecule has 1 N–H and O–H groups in total. The quantitative estimate of drug-likeness (QED) is 0.826. The highest BCUT2D eigenvalue weighted by Gasteiger charge is 2.13. The third-order valence-electron chi connectivity index (χ3n) is 2.39. The summed E-state index contributed by atoms with van der Waals surface area (Å²) in [5.74, 6) is -0.270. The minimum Gasteiger partial charge on any atom is -0.384 e. The zero-order valence-electron chi connectivity index (χ0n) is 8.27. The molecule has 1 heterocycles. The Morgan fingerprint density at radius 3 is 2.73 bits per heavy atom. The topological polar surface area (TPSA) is 20.2 Å². The first-order valence-corrected chi connectivity index (χ1v) is 5.59. The number of aliphatic hydroxyl groups is 1. The number of aliphatic hydroxyl groups excluding tert-OH is 1. The van der Waals surface area contributed by atoms with Crippen molar-refractivity contribution in [3.05, 3.63) is 57.5 Å². The summed E-state index contributed by atoms with van der Waals surface area (Å²) in [6, 6.07) is 6.31. The van der Waals surface area contributed by atoms with Crippen LogP contribution in [0, 0.1) is 12.7 Å². The largest absolute Gasteiger partial charge is 0.384 e. The summed E-state index contributed by atoms with van der Waals surface area (Å²) in [6.07, 6.45) is -0.656. The Labute approximate surface area is 91.8 Å². The first kappa shape index (κ1) is 10.3. The van der Waals surface area contributed by atoms with Gasteiger partial charge in [0, 0.05) is 0 Å². The van der Waals surface area contributed by atoms with Gasteiger partial charge >= 0.3 is 0 Å². The molecule has 1 aromatic heterocycles. The maximum absolute atomic E-state index is 12.9. The molecule has 0 fully saturated rings. The molecule has 15 heavy (non-hydrogen) atoms. The van der Waals surface area contributed by atoms with Gasteiger partial charge in [-0.25, -0.2) is 4.39 Å². The van der Waals surface area contributed by atoms with Crippen molar-refractivity contribution in [1.82, 2.24) is 0 Å². The molecule has 0 spiro atoms. The Hall–Kier alpha value is -1.19. The molecule has 1 atom stereocenters. The van der Waals surface area contributed by atoms with Crippen LogP contribution in [0.1, 0.15) is 22.8 Å². The van der Waals surface area contributed by atoms with E-state index in [0.29, 0.717) is 0 Å². The lowest BCUT2D eigenvalue weighted by atomic mass is 9.99. The minimum atomic E-state index is -0.656. The molecule has 0 amide bonds. The number of thiophene rings is 1. The highest BCUT2D eigenvalue weighted by atomic mass is 32.1. The van der Waals surface area contributed by atoms with Crippen LogP contribution in [0.4, 0.5) is 4.39 Å². The van der Waals surface area contributed by atoms with Crippen molar-refractivity contribution >= 4 is 11.3 Å². The number of hydrogen-bond donors (Lipinski definition) is 1. The van der Waals surface area contributed by atoms with Crippen LogP contribution in [0.5, 0.6) is 0 Å². The molecule has 0 saturated carbocycles. The summed E-state index contributed by atoms with van der Waals surface area (Å²) in [5, 5.41) is 13.8. The standard InChI is InChI=1S/C12H11FOS/c1-8-6-10(13)2-3-11(8)12(14)9-4-5-15-7-9/h2-7,12,14H,1H3. The van der Waals surface area contributed by atoms with Crippen molar-refractivity contribution in [3.8, 4) is 0 Å². The van der Waals surface area contributed by atoms with Gasteiger partial charge < -0.3 is 5.11 Å². The van der Waals surface area contributed by atoms with E-state index in [2.05, 4.69) is 0 Å². The van der Waals surface area contributed by atoms with Crippen LogP contribution in [-0.4, -0.2) is 5.11 Å². The average Bonchev–Trinajstić information content (AvgIpc) is 2.69. The second-order valence-electron chi connectivity index (χ2n) is 3.46. The van der Waals surface area contributed by atoms with Crippen LogP contribution in [0.3, 0.4) is 0 Å². The van der Waals surface area contributed by atoms with Gasteiger partial charge in [0.05, 0.1) is 0 Å². The maximum Gasteiger partial charge on any atom is 0.123 e. The van der Waals surface area contributed by atoms with E-state index in [9.17, 15) is 9.50 Å². The minimum absolute atomic E-state index is 0.270. The predicted molar refractivity (Wildman–Crippen MR) is 59.5 cm³/mol. The monoisotopic (exact) mass is 222 g/mol. The van der Waals surface area contributed by atoms with E-state index in [1.54, 1.807) is 13.0 Å². The molecule has 0 bridgehead atoms. The van der Waals surface area contributed by atoms with Crippen LogP contribution in [0.15, 0.2) is 35.0 Å². The Morgan fingerprint density at radius 2 is 2.13 bits per heavy atom. The van der Waals surface area contributed by atoms with Crippen molar-refractivity contribution in [2.45, 2.75) is 13.0 Å². The molecule has 1 unspecified atom stereocenters. The van der Waals surface area contributed by atoms with E-state index < -0.39 is 6.10 Å². The lowest BCUT2D eigenvalue weighted by molar-refractivity contribution is 0.220. The van der Waals surface area contributed by atoms with E-state index in [1.807, 2.05) is 16.8 Å². The van der Waals surface area contributed by atoms with Gasteiger partial charge in [-0.2, -0.15) is 11.3 Å². The highest BCUT2D eigenvalue weighted by Crippen LogP contribution is 2.26. The summed E-state index contributed by atoms with van der Waals surface area (Å²) < 4.78 is 12.9. The molecule has 0 aliphatic carbocycles. The average molecular weight is 222 g/mol. The molecule has 1 nitrogen and oxygen atoms in total. The van der Waals surface area contributed by atoms with Gasteiger partial charge in [-0.1, -0.05) is 6.07 Å². The van der Waals surface area contributed by atoms with Crippen molar-refractivity contribution in [3.63, 3.8) is 0 Å². The van der Waals surface area contributed by atoms with Crippen molar-refractivity contribution < 1.29 is 9.50 Å². The van der Waals surface area contributed by atoms with Gasteiger partial charge in [0.2, 0.25) is 0 Å². The van der Waals surface area contributed by atoms with Crippen LogP contribution in [0.25, 0.3) is 0 Å². The molecule has 0 aliphatic rings. The smallest absolute Gasteiger partial charge is 0.123 e. The lowest BCUT2D eigenvalue weighted by Gasteiger charge is -2.12. The molecule has 0 radical (unpaired) electrons. The summed E-state index contributed by atoms with van der Waals surface area (Å²) in [5.41, 5.74) is 2.39. The first-order valence-electron chi connectivity index (χ1n) is 4.64. The van der Waals surface area contributed by atoms with Gasteiger partial charge in [-0.05, 0) is 52.6 Å². The summed E-state index contributed by atoms with van der Waals surface area (Å²) >= 11 is 1.54. The zero-order valence-corrected chi connectivity index (χ0v) is 9.09. The van der Waals surface area contributed by atoms with Gasteiger partial charge in [0.25, 0.3) is 0 Å². The number of halogens is 1. The van der Waals surface area contributed by atoms with Gasteiger partial charge in [0.15, 0.2) is 0 Å². The molecule has 3 heteroatoms. The van der Waals surface area contributed by atoms with Crippen LogP contribution >= 0.6 is 11.3 Å². The SMILES string of the molecule is Cc1cc(F)ccc1C(O)c1ccsc1. The zero-order chi connectivity index (χ0) is 10.8. The third-order valence-corrected chi connectivity index (χ3v) is 3.09. The van der Waals surface area contributed by atoms with Gasteiger partial charge in [-0.15, -0.1) is 0 Å². The Bertz CT molecular complexity index is 451. The summed E-state index contributed by atoms with van der Waals surface area (Å²) in [4.78, 5) is 0. The number of aryl methyl sites for hydroxylation is 1. The Kier molecular flexibility index (Phi) is 2.84. The van der Waals surface area contributed by atoms with Gasteiger partial charge in [0.1, 0.15) is 11.9 Å². The summed E-state index contributed by atoms with van der Waals surface area (Å²) in [6.45, 7) is 1.80. The normalized spacial score (nSPS) is 12.7. The first-order chi connectivity index (χ1) is 7.18. The second-order valence-corrected chi connectivity index (χ2v) is 4.24. The Balaban J connectivity index is 2.38. The van der Waals surface area contributed by atoms with E-state index in [-0.39, 0.29) is 5.82 Å². The fourth-order valence-electron chi connectivity index (χ4n) is 1.56. The highest BCUT2D eigenvalue weighted by molar-refractivity contribution is 7.07. The second kappa shape index (κ2) is 4.13. The molecule has 2 rings (SSSR count). The number of hydrogen-bond acceptors (Lipinski definition) is 2. The van der Waals surface area contributed by atoms with Crippen molar-refractivity contribution in [2.75, 3.05) is 0 Å². The molecular weight excluding hydrogens is 211 g/mol. The third kappa shape index (κ3) is 2.08. The van der Waals surface area contributed by atoms with E-state index in [4.69, 9.17) is 0 Å². The Morgan fingerprint density at radius 1 is 1.33 bits per heavy atom. The van der Waals surface area contributed by atoms with Crippen molar-refractivity contribution in [2.24, 2.45) is 0 Å². The lowest BCUT2D eigenvalue weighted by Crippen LogP contribution is -2.00. The summed E-state index contributed by atoms with van der Waals surface area (Å²) in [7, 11) is 0. The number of rotatable bonds is 2. The molecule has 0 saturated heterocycles. The van der Waals surface area contributed by atoms with Gasteiger partial charge in [-0.3, -0.25) is 0 Å².